The van der Waals surface area contributed by atoms with Crippen LogP contribution in [0.3, 0.4) is 0 Å². The molecule has 0 amide bonds. The van der Waals surface area contributed by atoms with Crippen molar-refractivity contribution in [3.63, 3.8) is 0 Å². The number of hydrogen-bond donors (Lipinski definition) is 2. The number of carboxylic acids is 2. The first-order chi connectivity index (χ1) is 13.4. The van der Waals surface area contributed by atoms with Crippen LogP contribution in [-0.4, -0.2) is 37.8 Å². The lowest BCUT2D eigenvalue weighted by atomic mass is 9.98. The summed E-state index contributed by atoms with van der Waals surface area (Å²) in [4.78, 5) is 23.3. The lowest BCUT2D eigenvalue weighted by molar-refractivity contribution is -0.147. The standard InChI is InChI=1S/C22H34O5Si/c1-4-7-10-17(11-8-5-2)27-18-12-9-13-19(15-18)28-22(14-6-3,21(25)26)16-20(23)24/h9,12-13,15,17H,4-8,10-11,14,16H2,1-3H3,(H,23,24)(H,25,26). The summed E-state index contributed by atoms with van der Waals surface area (Å²) in [6.07, 6.45) is 7.27. The summed E-state index contributed by atoms with van der Waals surface area (Å²) >= 11 is 0. The van der Waals surface area contributed by atoms with Crippen LogP contribution < -0.4 is 9.92 Å². The lowest BCUT2D eigenvalue weighted by Crippen LogP contribution is -2.38. The Hall–Kier alpha value is -1.82. The molecule has 1 atom stereocenters. The molecule has 0 aliphatic carbocycles. The predicted molar refractivity (Wildman–Crippen MR) is 113 cm³/mol. The Bertz CT molecular complexity index is 611. The van der Waals surface area contributed by atoms with Crippen LogP contribution in [0, 0.1) is 0 Å². The minimum absolute atomic E-state index is 0.120. The van der Waals surface area contributed by atoms with Gasteiger partial charge in [-0.05, 0) is 31.4 Å². The highest BCUT2D eigenvalue weighted by atomic mass is 28.2. The molecule has 1 rings (SSSR count). The van der Waals surface area contributed by atoms with Crippen LogP contribution in [0.15, 0.2) is 24.3 Å². The summed E-state index contributed by atoms with van der Waals surface area (Å²) in [6, 6.07) is 7.53. The molecule has 0 fully saturated rings. The first kappa shape index (κ1) is 24.2. The molecule has 0 aliphatic rings. The highest BCUT2D eigenvalue weighted by Crippen LogP contribution is 2.36. The number of unbranched alkanes of at least 4 members (excludes halogenated alkanes) is 2. The topological polar surface area (TPSA) is 83.8 Å². The molecule has 0 saturated carbocycles. The molecule has 0 saturated heterocycles. The van der Waals surface area contributed by atoms with Crippen molar-refractivity contribution in [2.75, 3.05) is 0 Å². The van der Waals surface area contributed by atoms with Gasteiger partial charge in [-0.2, -0.15) is 0 Å². The Labute approximate surface area is 171 Å². The fourth-order valence-electron chi connectivity index (χ4n) is 3.36. The molecular weight excluding hydrogens is 372 g/mol. The van der Waals surface area contributed by atoms with E-state index < -0.39 is 17.0 Å². The number of carbonyl (C=O) groups is 2. The number of carboxylic acid groups (broad SMARTS) is 2. The van der Waals surface area contributed by atoms with Crippen molar-refractivity contribution in [3.8, 4) is 5.75 Å². The van der Waals surface area contributed by atoms with Crippen molar-refractivity contribution in [3.05, 3.63) is 24.3 Å². The van der Waals surface area contributed by atoms with E-state index in [1.807, 2.05) is 31.2 Å². The van der Waals surface area contributed by atoms with Gasteiger partial charge in [0, 0.05) is 0 Å². The molecular formula is C22H34O5Si. The van der Waals surface area contributed by atoms with Gasteiger partial charge in [0.05, 0.1) is 17.6 Å². The van der Waals surface area contributed by atoms with Crippen molar-refractivity contribution in [2.24, 2.45) is 0 Å². The lowest BCUT2D eigenvalue weighted by Gasteiger charge is -2.27. The number of ether oxygens (including phenoxy) is 1. The van der Waals surface area contributed by atoms with Gasteiger partial charge in [0.2, 0.25) is 0 Å². The highest BCUT2D eigenvalue weighted by Gasteiger charge is 2.40. The van der Waals surface area contributed by atoms with Gasteiger partial charge in [0.15, 0.2) is 0 Å². The van der Waals surface area contributed by atoms with Crippen LogP contribution in [0.4, 0.5) is 0 Å². The monoisotopic (exact) mass is 406 g/mol. The number of aliphatic carboxylic acids is 2. The van der Waals surface area contributed by atoms with Crippen LogP contribution in [-0.2, 0) is 9.59 Å². The van der Waals surface area contributed by atoms with E-state index in [-0.39, 0.29) is 22.0 Å². The summed E-state index contributed by atoms with van der Waals surface area (Å²) in [5.74, 6) is -1.37. The minimum Gasteiger partial charge on any atom is -0.490 e. The van der Waals surface area contributed by atoms with Gasteiger partial charge in [0.1, 0.15) is 15.3 Å². The van der Waals surface area contributed by atoms with Gasteiger partial charge in [0.25, 0.3) is 0 Å². The quantitative estimate of drug-likeness (QED) is 0.414. The van der Waals surface area contributed by atoms with E-state index in [9.17, 15) is 19.8 Å². The van der Waals surface area contributed by atoms with E-state index >= 15 is 0 Å². The summed E-state index contributed by atoms with van der Waals surface area (Å²) in [5, 5.41) is 18.6. The van der Waals surface area contributed by atoms with Crippen molar-refractivity contribution in [1.82, 2.24) is 0 Å². The zero-order valence-electron chi connectivity index (χ0n) is 17.4. The molecule has 28 heavy (non-hydrogen) atoms. The molecule has 0 heterocycles. The summed E-state index contributed by atoms with van der Waals surface area (Å²) in [5.41, 5.74) is 0. The Morgan fingerprint density at radius 2 is 1.71 bits per heavy atom. The van der Waals surface area contributed by atoms with E-state index in [0.717, 1.165) is 49.5 Å². The van der Waals surface area contributed by atoms with Crippen LogP contribution in [0.1, 0.15) is 78.6 Å². The molecule has 1 aromatic carbocycles. The third-order valence-corrected chi connectivity index (χ3v) is 6.54. The molecule has 0 aliphatic heterocycles. The first-order valence-corrected chi connectivity index (χ1v) is 11.4. The summed E-state index contributed by atoms with van der Waals surface area (Å²) in [7, 11) is -0.120. The Morgan fingerprint density at radius 3 is 2.21 bits per heavy atom. The van der Waals surface area contributed by atoms with Gasteiger partial charge in [-0.3, -0.25) is 9.59 Å². The zero-order chi connectivity index (χ0) is 21.0. The molecule has 2 N–H and O–H groups in total. The first-order valence-electron chi connectivity index (χ1n) is 10.4. The molecule has 0 spiro atoms. The smallest absolute Gasteiger partial charge is 0.307 e. The average molecular weight is 407 g/mol. The van der Waals surface area contributed by atoms with Crippen molar-refractivity contribution in [1.29, 1.82) is 0 Å². The average Bonchev–Trinajstić information content (AvgIpc) is 2.63. The van der Waals surface area contributed by atoms with Crippen molar-refractivity contribution >= 4 is 26.6 Å². The van der Waals surface area contributed by atoms with Crippen molar-refractivity contribution < 1.29 is 24.5 Å². The zero-order valence-corrected chi connectivity index (χ0v) is 18.4. The molecule has 5 nitrogen and oxygen atoms in total. The van der Waals surface area contributed by atoms with E-state index in [4.69, 9.17) is 4.74 Å². The minimum atomic E-state index is -1.26. The Kier molecular flexibility index (Phi) is 10.9. The van der Waals surface area contributed by atoms with Crippen molar-refractivity contribution in [2.45, 2.75) is 89.7 Å². The maximum atomic E-state index is 12.0. The predicted octanol–water partition coefficient (Wildman–Crippen LogP) is 4.66. The van der Waals surface area contributed by atoms with Gasteiger partial charge in [-0.25, -0.2) is 0 Å². The molecule has 0 bridgehead atoms. The van der Waals surface area contributed by atoms with Crippen LogP contribution >= 0.6 is 0 Å². The maximum absolute atomic E-state index is 12.0. The van der Waals surface area contributed by atoms with Crippen LogP contribution in [0.5, 0.6) is 5.75 Å². The second-order valence-corrected chi connectivity index (χ2v) is 9.17. The molecule has 2 radical (unpaired) electrons. The van der Waals surface area contributed by atoms with E-state index in [1.165, 1.54) is 0 Å². The summed E-state index contributed by atoms with van der Waals surface area (Å²) in [6.45, 7) is 6.22. The summed E-state index contributed by atoms with van der Waals surface area (Å²) < 4.78 is 6.22. The number of benzene rings is 1. The highest BCUT2D eigenvalue weighted by molar-refractivity contribution is 6.61. The van der Waals surface area contributed by atoms with E-state index in [2.05, 4.69) is 13.8 Å². The third kappa shape index (κ3) is 8.05. The number of hydrogen-bond acceptors (Lipinski definition) is 3. The normalized spacial score (nSPS) is 13.3. The van der Waals surface area contributed by atoms with Crippen LogP contribution in [0.2, 0.25) is 5.04 Å². The van der Waals surface area contributed by atoms with E-state index in [0.29, 0.717) is 12.8 Å². The second kappa shape index (κ2) is 12.6. The van der Waals surface area contributed by atoms with E-state index in [1.54, 1.807) is 0 Å². The molecule has 156 valence electrons. The fourth-order valence-corrected chi connectivity index (χ4v) is 5.03. The fraction of sp³-hybridized carbons (Fsp3) is 0.636. The van der Waals surface area contributed by atoms with Gasteiger partial charge in [-0.1, -0.05) is 70.2 Å². The second-order valence-electron chi connectivity index (χ2n) is 7.38. The Morgan fingerprint density at radius 1 is 1.07 bits per heavy atom. The third-order valence-electron chi connectivity index (χ3n) is 4.82. The Balaban J connectivity index is 2.99. The van der Waals surface area contributed by atoms with Gasteiger partial charge < -0.3 is 14.9 Å². The molecule has 6 heteroatoms. The molecule has 1 aromatic rings. The van der Waals surface area contributed by atoms with Crippen LogP contribution in [0.25, 0.3) is 0 Å². The number of rotatable bonds is 15. The molecule has 1 unspecified atom stereocenters. The van der Waals surface area contributed by atoms with Gasteiger partial charge in [-0.15, -0.1) is 0 Å². The maximum Gasteiger partial charge on any atom is 0.307 e. The SMILES string of the molecule is CCCCC(CCCC)Oc1cccc([Si]C(CCC)(CC(=O)O)C(=O)O)c1. The largest absolute Gasteiger partial charge is 0.490 e. The van der Waals surface area contributed by atoms with Gasteiger partial charge >= 0.3 is 11.9 Å². The molecule has 0 aromatic heterocycles.